The van der Waals surface area contributed by atoms with Gasteiger partial charge < -0.3 is 15.2 Å². The number of aromatic carboxylic acids is 1. The summed E-state index contributed by atoms with van der Waals surface area (Å²) in [6.07, 6.45) is 1.73. The Morgan fingerprint density at radius 2 is 1.97 bits per heavy atom. The molecule has 3 heterocycles. The van der Waals surface area contributed by atoms with Crippen molar-refractivity contribution in [1.29, 1.82) is 0 Å². The number of anilines is 2. The van der Waals surface area contributed by atoms with Crippen LogP contribution < -0.4 is 10.1 Å². The first-order valence-electron chi connectivity index (χ1n) is 9.23. The van der Waals surface area contributed by atoms with Crippen LogP contribution in [0.1, 0.15) is 55.2 Å². The Hall–Kier alpha value is -3.07. The van der Waals surface area contributed by atoms with Crippen LogP contribution in [-0.4, -0.2) is 36.5 Å². The first kappa shape index (κ1) is 20.7. The lowest BCUT2D eigenvalue weighted by Gasteiger charge is -2.14. The van der Waals surface area contributed by atoms with E-state index in [9.17, 15) is 9.90 Å². The molecule has 29 heavy (non-hydrogen) atoms. The van der Waals surface area contributed by atoms with E-state index in [1.54, 1.807) is 19.2 Å². The van der Waals surface area contributed by atoms with Crippen LogP contribution >= 0.6 is 11.5 Å². The van der Waals surface area contributed by atoms with Crippen LogP contribution in [0.5, 0.6) is 5.75 Å². The monoisotopic (exact) mass is 413 g/mol. The molecule has 0 aliphatic rings. The minimum atomic E-state index is -0.988. The van der Waals surface area contributed by atoms with Crippen molar-refractivity contribution in [2.75, 3.05) is 5.32 Å². The normalized spacial score (nSPS) is 11.1. The number of hydrogen-bond donors (Lipinski definition) is 2. The fourth-order valence-corrected chi connectivity index (χ4v) is 3.29. The van der Waals surface area contributed by atoms with Crippen molar-refractivity contribution in [3.8, 4) is 17.3 Å². The summed E-state index contributed by atoms with van der Waals surface area (Å²) >= 11 is 1.19. The van der Waals surface area contributed by atoms with Crippen LogP contribution in [0.4, 0.5) is 10.9 Å². The van der Waals surface area contributed by atoms with Crippen LogP contribution in [0.25, 0.3) is 11.5 Å². The van der Waals surface area contributed by atoms with Crippen LogP contribution in [0.2, 0.25) is 0 Å². The minimum Gasteiger partial charge on any atom is -0.489 e. The van der Waals surface area contributed by atoms with Gasteiger partial charge in [0.2, 0.25) is 5.13 Å². The lowest BCUT2D eigenvalue weighted by Crippen LogP contribution is -2.08. The molecule has 0 aliphatic carbocycles. The zero-order valence-electron chi connectivity index (χ0n) is 16.9. The fourth-order valence-electron chi connectivity index (χ4n) is 2.71. The molecule has 0 saturated carbocycles. The summed E-state index contributed by atoms with van der Waals surface area (Å²) in [6, 6.07) is 5.31. The van der Waals surface area contributed by atoms with E-state index in [1.165, 1.54) is 11.5 Å². The predicted octanol–water partition coefficient (Wildman–Crippen LogP) is 4.66. The van der Waals surface area contributed by atoms with Crippen LogP contribution in [-0.2, 0) is 0 Å². The van der Waals surface area contributed by atoms with E-state index in [-0.39, 0.29) is 17.6 Å². The van der Waals surface area contributed by atoms with Crippen LogP contribution in [0.15, 0.2) is 24.4 Å². The van der Waals surface area contributed by atoms with Gasteiger partial charge in [-0.25, -0.2) is 14.8 Å². The number of nitrogens with one attached hydrogen (secondary N) is 1. The van der Waals surface area contributed by atoms with E-state index < -0.39 is 5.97 Å². The average Bonchev–Trinajstić information content (AvgIpc) is 3.10. The van der Waals surface area contributed by atoms with E-state index >= 15 is 0 Å². The minimum absolute atomic E-state index is 0.0782. The fraction of sp³-hybridized carbons (Fsp3) is 0.350. The number of nitrogens with zero attached hydrogens (tertiary/aromatic N) is 4. The first-order chi connectivity index (χ1) is 13.7. The molecule has 0 aliphatic heterocycles. The van der Waals surface area contributed by atoms with Gasteiger partial charge in [0.25, 0.3) is 0 Å². The highest BCUT2D eigenvalue weighted by molar-refractivity contribution is 7.09. The second-order valence-electron chi connectivity index (χ2n) is 7.11. The molecule has 0 spiro atoms. The van der Waals surface area contributed by atoms with Gasteiger partial charge in [-0.15, -0.1) is 0 Å². The van der Waals surface area contributed by atoms with Crippen molar-refractivity contribution >= 4 is 28.5 Å². The predicted molar refractivity (Wildman–Crippen MR) is 112 cm³/mol. The highest BCUT2D eigenvalue weighted by Crippen LogP contribution is 2.29. The molecule has 152 valence electrons. The molecule has 0 saturated heterocycles. The number of pyridine rings is 2. The highest BCUT2D eigenvalue weighted by atomic mass is 32.1. The Morgan fingerprint density at radius 3 is 2.55 bits per heavy atom. The molecule has 0 bridgehead atoms. The molecule has 0 radical (unpaired) electrons. The summed E-state index contributed by atoms with van der Waals surface area (Å²) < 4.78 is 9.96. The Labute approximate surface area is 173 Å². The third kappa shape index (κ3) is 4.86. The van der Waals surface area contributed by atoms with E-state index in [0.717, 1.165) is 5.56 Å². The number of aryl methyl sites for hydroxylation is 1. The number of rotatable bonds is 7. The molecule has 2 N–H and O–H groups in total. The van der Waals surface area contributed by atoms with Gasteiger partial charge in [-0.2, -0.15) is 9.36 Å². The van der Waals surface area contributed by atoms with E-state index in [2.05, 4.69) is 24.6 Å². The van der Waals surface area contributed by atoms with Crippen molar-refractivity contribution in [2.24, 2.45) is 0 Å². The molecule has 0 amide bonds. The molecule has 3 rings (SSSR count). The number of carboxylic acids is 1. The highest BCUT2D eigenvalue weighted by Gasteiger charge is 2.18. The average molecular weight is 414 g/mol. The summed E-state index contributed by atoms with van der Waals surface area (Å²) in [6.45, 7) is 9.56. The van der Waals surface area contributed by atoms with Gasteiger partial charge in [0.15, 0.2) is 5.82 Å². The SMILES string of the molecule is Cc1nc(Nc2nc(-c3ccc(OC(C)C)cn3)ns2)c(C(C)C)cc1C(=O)O. The second-order valence-corrected chi connectivity index (χ2v) is 7.86. The lowest BCUT2D eigenvalue weighted by atomic mass is 10.0. The Bertz CT molecular complexity index is 1020. The summed E-state index contributed by atoms with van der Waals surface area (Å²) in [7, 11) is 0. The Balaban J connectivity index is 1.85. The first-order valence-corrected chi connectivity index (χ1v) is 10.0. The third-order valence-electron chi connectivity index (χ3n) is 4.08. The third-order valence-corrected chi connectivity index (χ3v) is 4.71. The zero-order valence-corrected chi connectivity index (χ0v) is 17.7. The maximum absolute atomic E-state index is 11.4. The van der Waals surface area contributed by atoms with Gasteiger partial charge >= 0.3 is 5.97 Å². The quantitative estimate of drug-likeness (QED) is 0.576. The molecule has 8 nitrogen and oxygen atoms in total. The number of hydrogen-bond acceptors (Lipinski definition) is 8. The zero-order chi connectivity index (χ0) is 21.1. The van der Waals surface area contributed by atoms with E-state index in [4.69, 9.17) is 4.74 Å². The van der Waals surface area contributed by atoms with Crippen molar-refractivity contribution in [3.05, 3.63) is 41.2 Å². The van der Waals surface area contributed by atoms with Crippen LogP contribution in [0, 0.1) is 6.92 Å². The summed E-state index contributed by atoms with van der Waals surface area (Å²) in [5.41, 5.74) is 2.08. The van der Waals surface area contributed by atoms with E-state index in [1.807, 2.05) is 39.8 Å². The molecule has 9 heteroatoms. The number of ether oxygens (including phenoxy) is 1. The maximum atomic E-state index is 11.4. The number of carbonyl (C=O) groups is 1. The molecule has 3 aromatic heterocycles. The van der Waals surface area contributed by atoms with Crippen molar-refractivity contribution in [1.82, 2.24) is 19.3 Å². The maximum Gasteiger partial charge on any atom is 0.337 e. The topological polar surface area (TPSA) is 110 Å². The Morgan fingerprint density at radius 1 is 1.21 bits per heavy atom. The van der Waals surface area contributed by atoms with E-state index in [0.29, 0.717) is 33.9 Å². The van der Waals surface area contributed by atoms with Crippen LogP contribution in [0.3, 0.4) is 0 Å². The van der Waals surface area contributed by atoms with Gasteiger partial charge in [-0.3, -0.25) is 0 Å². The molecular weight excluding hydrogens is 390 g/mol. The molecule has 3 aromatic rings. The molecule has 0 atom stereocenters. The molecular formula is C20H23N5O3S. The lowest BCUT2D eigenvalue weighted by molar-refractivity contribution is 0.0695. The van der Waals surface area contributed by atoms with Gasteiger partial charge in [-0.1, -0.05) is 13.8 Å². The van der Waals surface area contributed by atoms with Crippen molar-refractivity contribution < 1.29 is 14.6 Å². The van der Waals surface area contributed by atoms with Gasteiger partial charge in [0, 0.05) is 11.5 Å². The van der Waals surface area contributed by atoms with Gasteiger partial charge in [0.05, 0.1) is 23.6 Å². The standard InChI is InChI=1S/C20H23N5O3S/c1-10(2)14-8-15(19(26)27)12(5)22-17(14)23-20-24-18(25-29-20)16-7-6-13(9-21-16)28-11(3)4/h6-11H,1-5H3,(H,26,27)(H,22,23,24,25). The smallest absolute Gasteiger partial charge is 0.337 e. The molecule has 0 unspecified atom stereocenters. The summed E-state index contributed by atoms with van der Waals surface area (Å²) in [5.74, 6) is 0.874. The number of carboxylic acid groups (broad SMARTS) is 1. The second kappa shape index (κ2) is 8.52. The number of aromatic nitrogens is 4. The Kier molecular flexibility index (Phi) is 6.07. The van der Waals surface area contributed by atoms with Crippen molar-refractivity contribution in [2.45, 2.75) is 46.6 Å². The van der Waals surface area contributed by atoms with Crippen molar-refractivity contribution in [3.63, 3.8) is 0 Å². The molecule has 0 fully saturated rings. The van der Waals surface area contributed by atoms with Gasteiger partial charge in [0.1, 0.15) is 17.3 Å². The summed E-state index contributed by atoms with van der Waals surface area (Å²) in [4.78, 5) is 24.7. The largest absolute Gasteiger partial charge is 0.489 e. The van der Waals surface area contributed by atoms with Gasteiger partial charge in [-0.05, 0) is 50.5 Å². The summed E-state index contributed by atoms with van der Waals surface area (Å²) in [5, 5.41) is 13.1. The molecule has 0 aromatic carbocycles.